The molecular weight excluding hydrogens is 472 g/mol. The highest BCUT2D eigenvalue weighted by molar-refractivity contribution is 7.23. The maximum Gasteiger partial charge on any atom is 0.244 e. The van der Waals surface area contributed by atoms with Gasteiger partial charge in [0.15, 0.2) is 10.0 Å². The van der Waals surface area contributed by atoms with Gasteiger partial charge in [0.05, 0.1) is 19.1 Å². The Kier molecular flexibility index (Phi) is 9.25. The van der Waals surface area contributed by atoms with Crippen molar-refractivity contribution in [1.82, 2.24) is 25.5 Å². The van der Waals surface area contributed by atoms with Crippen molar-refractivity contribution in [2.24, 2.45) is 0 Å². The van der Waals surface area contributed by atoms with Crippen LogP contribution in [-0.4, -0.2) is 65.3 Å². The van der Waals surface area contributed by atoms with Gasteiger partial charge in [0.1, 0.15) is 10.7 Å². The highest BCUT2D eigenvalue weighted by Gasteiger charge is 2.21. The summed E-state index contributed by atoms with van der Waals surface area (Å²) >= 11 is 2.82. The van der Waals surface area contributed by atoms with Crippen LogP contribution in [0.2, 0.25) is 0 Å². The van der Waals surface area contributed by atoms with E-state index in [1.165, 1.54) is 27.6 Å². The van der Waals surface area contributed by atoms with E-state index >= 15 is 0 Å². The van der Waals surface area contributed by atoms with Crippen LogP contribution >= 0.6 is 22.7 Å². The fourth-order valence-corrected chi connectivity index (χ4v) is 4.76. The van der Waals surface area contributed by atoms with Crippen molar-refractivity contribution in [3.63, 3.8) is 0 Å². The lowest BCUT2D eigenvalue weighted by molar-refractivity contribution is -0.135. The van der Waals surface area contributed by atoms with Crippen molar-refractivity contribution in [2.75, 3.05) is 32.0 Å². The quantitative estimate of drug-likeness (QED) is 0.373. The Balaban J connectivity index is 1.73. The van der Waals surface area contributed by atoms with Gasteiger partial charge >= 0.3 is 0 Å². The summed E-state index contributed by atoms with van der Waals surface area (Å²) in [6.07, 6.45) is 2.40. The number of carbonyl (C=O) groups excluding carboxylic acids is 3. The summed E-state index contributed by atoms with van der Waals surface area (Å²) < 4.78 is 0. The maximum atomic E-state index is 12.9. The van der Waals surface area contributed by atoms with Gasteiger partial charge in [-0.1, -0.05) is 48.6 Å². The van der Waals surface area contributed by atoms with Gasteiger partial charge in [0.25, 0.3) is 0 Å². The van der Waals surface area contributed by atoms with E-state index in [0.29, 0.717) is 28.7 Å². The number of carbonyl (C=O) groups is 3. The highest BCUT2D eigenvalue weighted by Crippen LogP contribution is 2.38. The number of hydrogen-bond donors (Lipinski definition) is 3. The summed E-state index contributed by atoms with van der Waals surface area (Å²) in [6.45, 7) is 3.75. The van der Waals surface area contributed by atoms with E-state index in [9.17, 15) is 14.4 Å². The molecule has 0 aliphatic rings. The van der Waals surface area contributed by atoms with Gasteiger partial charge in [-0.05, 0) is 20.4 Å². The minimum atomic E-state index is -0.412. The zero-order valence-electron chi connectivity index (χ0n) is 19.3. The molecule has 3 amide bonds. The summed E-state index contributed by atoms with van der Waals surface area (Å²) in [7, 11) is 1.67. The Morgan fingerprint density at radius 3 is 2.56 bits per heavy atom. The Hall–Kier alpha value is -3.15. The van der Waals surface area contributed by atoms with Crippen molar-refractivity contribution in [3.05, 3.63) is 41.9 Å². The third-order valence-electron chi connectivity index (χ3n) is 4.96. The first kappa shape index (κ1) is 25.5. The van der Waals surface area contributed by atoms with E-state index in [1.807, 2.05) is 42.6 Å². The summed E-state index contributed by atoms with van der Waals surface area (Å²) in [6, 6.07) is 9.18. The van der Waals surface area contributed by atoms with Gasteiger partial charge in [0.2, 0.25) is 17.7 Å². The number of thiazole rings is 2. The summed E-state index contributed by atoms with van der Waals surface area (Å²) in [5.41, 5.74) is 1.53. The standard InChI is InChI=1S/C23H28N6O3S2/c1-4-11-29(18(31)13-26-20(32)15(2)24-3)14-17(30)27-21-19(16-8-6-5-7-9-16)28-23(34-21)22-25-10-12-33-22/h5-10,12,15,24H,4,11,13-14H2,1-3H3,(H,26,32)(H,27,30)/t15-/m0/s1. The Labute approximate surface area is 206 Å². The van der Waals surface area contributed by atoms with Gasteiger partial charge < -0.3 is 20.9 Å². The van der Waals surface area contributed by atoms with Crippen LogP contribution in [-0.2, 0) is 14.4 Å². The summed E-state index contributed by atoms with van der Waals surface area (Å²) in [4.78, 5) is 48.1. The number of nitrogens with zero attached hydrogens (tertiary/aromatic N) is 3. The zero-order valence-corrected chi connectivity index (χ0v) is 21.0. The fourth-order valence-electron chi connectivity index (χ4n) is 3.08. The van der Waals surface area contributed by atoms with E-state index in [0.717, 1.165) is 10.6 Å². The van der Waals surface area contributed by atoms with Gasteiger partial charge in [0, 0.05) is 23.7 Å². The minimum Gasteiger partial charge on any atom is -0.346 e. The first-order valence-electron chi connectivity index (χ1n) is 10.9. The molecule has 0 fully saturated rings. The minimum absolute atomic E-state index is 0.122. The van der Waals surface area contributed by atoms with E-state index in [4.69, 9.17) is 4.98 Å². The van der Waals surface area contributed by atoms with Crippen LogP contribution in [0.4, 0.5) is 5.00 Å². The van der Waals surface area contributed by atoms with Gasteiger partial charge in [-0.2, -0.15) is 0 Å². The van der Waals surface area contributed by atoms with Gasteiger partial charge in [-0.25, -0.2) is 9.97 Å². The summed E-state index contributed by atoms with van der Waals surface area (Å²) in [5.74, 6) is -0.920. The molecule has 1 aromatic carbocycles. The Bertz CT molecular complexity index is 1100. The molecule has 0 aliphatic heterocycles. The predicted molar refractivity (Wildman–Crippen MR) is 136 cm³/mol. The molecule has 0 saturated carbocycles. The SMILES string of the molecule is CCCN(CC(=O)Nc1sc(-c2nccs2)nc1-c1ccccc1)C(=O)CNC(=O)[C@H](C)NC. The van der Waals surface area contributed by atoms with Crippen molar-refractivity contribution in [2.45, 2.75) is 26.3 Å². The summed E-state index contributed by atoms with van der Waals surface area (Å²) in [5, 5.41) is 12.3. The number of hydrogen-bond acceptors (Lipinski definition) is 8. The molecule has 34 heavy (non-hydrogen) atoms. The number of likely N-dealkylation sites (N-methyl/N-ethyl adjacent to an activating group) is 1. The number of anilines is 1. The van der Waals surface area contributed by atoms with Crippen LogP contribution in [0.5, 0.6) is 0 Å². The molecular formula is C23H28N6O3S2. The van der Waals surface area contributed by atoms with Crippen LogP contribution in [0.15, 0.2) is 41.9 Å². The Morgan fingerprint density at radius 1 is 1.15 bits per heavy atom. The van der Waals surface area contributed by atoms with Crippen LogP contribution < -0.4 is 16.0 Å². The lowest BCUT2D eigenvalue weighted by Gasteiger charge is -2.22. The van der Waals surface area contributed by atoms with Crippen molar-refractivity contribution < 1.29 is 14.4 Å². The Morgan fingerprint density at radius 2 is 1.91 bits per heavy atom. The second-order valence-corrected chi connectivity index (χ2v) is 9.39. The normalized spacial score (nSPS) is 11.6. The molecule has 0 radical (unpaired) electrons. The van der Waals surface area contributed by atoms with Crippen molar-refractivity contribution >= 4 is 45.4 Å². The third kappa shape index (κ3) is 6.69. The first-order chi connectivity index (χ1) is 16.4. The molecule has 0 spiro atoms. The van der Waals surface area contributed by atoms with Gasteiger partial charge in [-0.15, -0.1) is 11.3 Å². The van der Waals surface area contributed by atoms with Crippen molar-refractivity contribution in [3.8, 4) is 21.3 Å². The topological polar surface area (TPSA) is 116 Å². The molecule has 3 aromatic rings. The predicted octanol–water partition coefficient (Wildman–Crippen LogP) is 2.83. The molecule has 2 aromatic heterocycles. The molecule has 0 saturated heterocycles. The second kappa shape index (κ2) is 12.4. The molecule has 0 unspecified atom stereocenters. The molecule has 9 nitrogen and oxygen atoms in total. The molecule has 3 N–H and O–H groups in total. The zero-order chi connectivity index (χ0) is 24.5. The number of rotatable bonds is 11. The highest BCUT2D eigenvalue weighted by atomic mass is 32.1. The van der Waals surface area contributed by atoms with Crippen LogP contribution in [0.3, 0.4) is 0 Å². The third-order valence-corrected chi connectivity index (χ3v) is 6.85. The largest absolute Gasteiger partial charge is 0.346 e. The average Bonchev–Trinajstić information content (AvgIpc) is 3.52. The lowest BCUT2D eigenvalue weighted by atomic mass is 10.2. The van der Waals surface area contributed by atoms with Crippen molar-refractivity contribution in [1.29, 1.82) is 0 Å². The molecule has 3 rings (SSSR count). The lowest BCUT2D eigenvalue weighted by Crippen LogP contribution is -2.47. The van der Waals surface area contributed by atoms with Crippen LogP contribution in [0.25, 0.3) is 21.3 Å². The van der Waals surface area contributed by atoms with Gasteiger partial charge in [-0.3, -0.25) is 14.4 Å². The van der Waals surface area contributed by atoms with Crippen LogP contribution in [0, 0.1) is 0 Å². The van der Waals surface area contributed by atoms with E-state index in [1.54, 1.807) is 20.2 Å². The first-order valence-corrected chi connectivity index (χ1v) is 12.6. The number of nitrogens with one attached hydrogen (secondary N) is 3. The molecule has 0 aliphatic carbocycles. The van der Waals surface area contributed by atoms with E-state index < -0.39 is 6.04 Å². The fraction of sp³-hybridized carbons (Fsp3) is 0.348. The molecule has 180 valence electrons. The average molecular weight is 501 g/mol. The van der Waals surface area contributed by atoms with E-state index in [-0.39, 0.29) is 30.8 Å². The van der Waals surface area contributed by atoms with Crippen LogP contribution in [0.1, 0.15) is 20.3 Å². The molecule has 1 atom stereocenters. The number of amides is 3. The molecule has 0 bridgehead atoms. The molecule has 2 heterocycles. The maximum absolute atomic E-state index is 12.9. The van der Waals surface area contributed by atoms with E-state index in [2.05, 4.69) is 20.9 Å². The second-order valence-electron chi connectivity index (χ2n) is 7.49. The number of aromatic nitrogens is 2. The monoisotopic (exact) mass is 500 g/mol. The smallest absolute Gasteiger partial charge is 0.244 e. The molecule has 11 heteroatoms. The number of benzene rings is 1.